The number of piperidine rings is 1. The van der Waals surface area contributed by atoms with Gasteiger partial charge in [-0.05, 0) is 25.7 Å². The summed E-state index contributed by atoms with van der Waals surface area (Å²) in [5.41, 5.74) is 0. The molecule has 6 nitrogen and oxygen atoms in total. The number of nitrogens with one attached hydrogen (secondary N) is 2. The lowest BCUT2D eigenvalue weighted by Crippen LogP contribution is -2.48. The van der Waals surface area contributed by atoms with Gasteiger partial charge in [0.25, 0.3) is 10.0 Å². The van der Waals surface area contributed by atoms with E-state index in [0.29, 0.717) is 12.1 Å². The second kappa shape index (κ2) is 5.40. The first-order valence-corrected chi connectivity index (χ1v) is 7.74. The standard InChI is InChI=1S/C11H18N4O2S.ClH/c1-15(18(16,17)11-6-12-7-13-11)10-4-8-2-3-9(5-10)14-8;/h6-10,14H,2-5H2,1H3,(H,12,13);1H. The van der Waals surface area contributed by atoms with Crippen molar-refractivity contribution >= 4 is 22.4 Å². The van der Waals surface area contributed by atoms with Gasteiger partial charge in [-0.15, -0.1) is 12.4 Å². The zero-order chi connectivity index (χ0) is 12.8. The minimum Gasteiger partial charge on any atom is -0.335 e. The SMILES string of the molecule is CN(C1CC2CCC(C1)N2)S(=O)(=O)c1cnc[nH]1.Cl. The van der Waals surface area contributed by atoms with Gasteiger partial charge in [-0.2, -0.15) is 4.31 Å². The van der Waals surface area contributed by atoms with E-state index in [9.17, 15) is 8.42 Å². The van der Waals surface area contributed by atoms with Crippen LogP contribution in [0, 0.1) is 0 Å². The number of halogens is 1. The van der Waals surface area contributed by atoms with Crippen molar-refractivity contribution in [3.05, 3.63) is 12.5 Å². The Balaban J connectivity index is 0.00000133. The van der Waals surface area contributed by atoms with Crippen molar-refractivity contribution in [2.75, 3.05) is 7.05 Å². The second-order valence-electron chi connectivity index (χ2n) is 5.20. The van der Waals surface area contributed by atoms with E-state index in [1.165, 1.54) is 29.7 Å². The normalized spacial score (nSPS) is 30.3. The zero-order valence-corrected chi connectivity index (χ0v) is 12.4. The summed E-state index contributed by atoms with van der Waals surface area (Å²) in [7, 11) is -1.75. The van der Waals surface area contributed by atoms with Crippen molar-refractivity contribution in [2.45, 2.75) is 48.8 Å². The molecule has 3 rings (SSSR count). The molecule has 3 heterocycles. The summed E-state index contributed by atoms with van der Waals surface area (Å²) >= 11 is 0. The topological polar surface area (TPSA) is 78.1 Å². The summed E-state index contributed by atoms with van der Waals surface area (Å²) in [4.78, 5) is 6.46. The Morgan fingerprint density at radius 3 is 2.47 bits per heavy atom. The Morgan fingerprint density at radius 2 is 1.95 bits per heavy atom. The fourth-order valence-corrected chi connectivity index (χ4v) is 4.33. The molecule has 0 aromatic carbocycles. The van der Waals surface area contributed by atoms with Gasteiger partial charge in [-0.3, -0.25) is 0 Å². The fourth-order valence-electron chi connectivity index (χ4n) is 3.06. The first-order valence-electron chi connectivity index (χ1n) is 6.30. The Morgan fingerprint density at radius 1 is 1.32 bits per heavy atom. The van der Waals surface area contributed by atoms with Gasteiger partial charge in [-0.25, -0.2) is 13.4 Å². The molecular formula is C11H19ClN4O2S. The minimum absolute atomic E-state index is 0. The molecule has 2 saturated heterocycles. The van der Waals surface area contributed by atoms with Crippen molar-refractivity contribution in [2.24, 2.45) is 0 Å². The average molecular weight is 307 g/mol. The van der Waals surface area contributed by atoms with E-state index in [2.05, 4.69) is 15.3 Å². The molecule has 0 aliphatic carbocycles. The van der Waals surface area contributed by atoms with Gasteiger partial charge in [0.05, 0.1) is 12.5 Å². The summed E-state index contributed by atoms with van der Waals surface area (Å²) in [5, 5.41) is 3.70. The molecule has 8 heteroatoms. The molecular weight excluding hydrogens is 288 g/mol. The second-order valence-corrected chi connectivity index (χ2v) is 7.17. The predicted molar refractivity (Wildman–Crippen MR) is 73.8 cm³/mol. The van der Waals surface area contributed by atoms with Gasteiger partial charge >= 0.3 is 0 Å². The van der Waals surface area contributed by atoms with Crippen LogP contribution >= 0.6 is 12.4 Å². The molecule has 0 spiro atoms. The molecule has 2 bridgehead atoms. The van der Waals surface area contributed by atoms with Crippen LogP contribution in [0.2, 0.25) is 0 Å². The van der Waals surface area contributed by atoms with E-state index in [1.807, 2.05) is 0 Å². The van der Waals surface area contributed by atoms with E-state index in [4.69, 9.17) is 0 Å². The number of aromatic nitrogens is 2. The summed E-state index contributed by atoms with van der Waals surface area (Å²) < 4.78 is 26.2. The van der Waals surface area contributed by atoms with Crippen molar-refractivity contribution in [3.8, 4) is 0 Å². The first-order chi connectivity index (χ1) is 8.57. The predicted octanol–water partition coefficient (Wildman–Crippen LogP) is 0.735. The molecule has 19 heavy (non-hydrogen) atoms. The number of H-pyrrole nitrogens is 1. The van der Waals surface area contributed by atoms with Crippen LogP contribution in [0.1, 0.15) is 25.7 Å². The van der Waals surface area contributed by atoms with Gasteiger partial charge < -0.3 is 10.3 Å². The van der Waals surface area contributed by atoms with Crippen LogP contribution in [0.4, 0.5) is 0 Å². The molecule has 2 N–H and O–H groups in total. The molecule has 2 aliphatic rings. The van der Waals surface area contributed by atoms with E-state index in [-0.39, 0.29) is 23.5 Å². The number of nitrogens with zero attached hydrogens (tertiary/aromatic N) is 2. The molecule has 0 amide bonds. The maximum absolute atomic E-state index is 12.4. The number of hydrogen-bond acceptors (Lipinski definition) is 4. The van der Waals surface area contributed by atoms with Crippen LogP contribution in [-0.4, -0.2) is 47.9 Å². The number of rotatable bonds is 3. The van der Waals surface area contributed by atoms with E-state index in [0.717, 1.165) is 12.8 Å². The highest BCUT2D eigenvalue weighted by molar-refractivity contribution is 7.89. The molecule has 2 fully saturated rings. The molecule has 2 unspecified atom stereocenters. The molecule has 2 atom stereocenters. The van der Waals surface area contributed by atoms with Crippen LogP contribution in [0.3, 0.4) is 0 Å². The lowest BCUT2D eigenvalue weighted by Gasteiger charge is -2.34. The lowest BCUT2D eigenvalue weighted by molar-refractivity contribution is 0.251. The number of aromatic amines is 1. The monoisotopic (exact) mass is 306 g/mol. The number of fused-ring (bicyclic) bond motifs is 2. The van der Waals surface area contributed by atoms with Crippen LogP contribution in [0.25, 0.3) is 0 Å². The molecule has 1 aromatic rings. The molecule has 1 aromatic heterocycles. The fraction of sp³-hybridized carbons (Fsp3) is 0.727. The molecule has 2 aliphatic heterocycles. The first kappa shape index (κ1) is 14.8. The summed E-state index contributed by atoms with van der Waals surface area (Å²) in [6.45, 7) is 0. The highest BCUT2D eigenvalue weighted by Gasteiger charge is 2.39. The average Bonchev–Trinajstić information content (AvgIpc) is 2.98. The van der Waals surface area contributed by atoms with Gasteiger partial charge in [0, 0.05) is 25.2 Å². The third-order valence-corrected chi connectivity index (χ3v) is 5.93. The van der Waals surface area contributed by atoms with Gasteiger partial charge in [0.1, 0.15) is 0 Å². The molecule has 108 valence electrons. The van der Waals surface area contributed by atoms with E-state index in [1.54, 1.807) is 7.05 Å². The summed E-state index contributed by atoms with van der Waals surface area (Å²) in [6, 6.07) is 1.05. The maximum atomic E-state index is 12.4. The van der Waals surface area contributed by atoms with Gasteiger partial charge in [0.15, 0.2) is 5.03 Å². The van der Waals surface area contributed by atoms with Crippen molar-refractivity contribution < 1.29 is 8.42 Å². The number of imidazole rings is 1. The van der Waals surface area contributed by atoms with Crippen molar-refractivity contribution in [1.29, 1.82) is 0 Å². The van der Waals surface area contributed by atoms with Crippen LogP contribution in [0.5, 0.6) is 0 Å². The Labute approximate surface area is 119 Å². The highest BCUT2D eigenvalue weighted by Crippen LogP contribution is 2.31. The van der Waals surface area contributed by atoms with E-state index >= 15 is 0 Å². The van der Waals surface area contributed by atoms with Gasteiger partial charge in [0.2, 0.25) is 0 Å². The lowest BCUT2D eigenvalue weighted by atomic mass is 10.0. The van der Waals surface area contributed by atoms with Crippen molar-refractivity contribution in [1.82, 2.24) is 19.6 Å². The van der Waals surface area contributed by atoms with Crippen LogP contribution in [-0.2, 0) is 10.0 Å². The molecule has 0 radical (unpaired) electrons. The number of hydrogen-bond donors (Lipinski definition) is 2. The zero-order valence-electron chi connectivity index (χ0n) is 10.7. The third-order valence-electron chi connectivity index (χ3n) is 4.09. The van der Waals surface area contributed by atoms with E-state index < -0.39 is 10.0 Å². The summed E-state index contributed by atoms with van der Waals surface area (Å²) in [5.74, 6) is 0. The molecule has 0 saturated carbocycles. The van der Waals surface area contributed by atoms with Crippen LogP contribution < -0.4 is 5.32 Å². The number of sulfonamides is 1. The maximum Gasteiger partial charge on any atom is 0.260 e. The van der Waals surface area contributed by atoms with Crippen molar-refractivity contribution in [3.63, 3.8) is 0 Å². The largest absolute Gasteiger partial charge is 0.335 e. The Hall–Kier alpha value is -0.630. The smallest absolute Gasteiger partial charge is 0.260 e. The quantitative estimate of drug-likeness (QED) is 0.863. The van der Waals surface area contributed by atoms with Crippen LogP contribution in [0.15, 0.2) is 17.6 Å². The Bertz CT molecular complexity index is 507. The minimum atomic E-state index is -3.43. The van der Waals surface area contributed by atoms with Gasteiger partial charge in [-0.1, -0.05) is 0 Å². The highest BCUT2D eigenvalue weighted by atomic mass is 35.5. The third kappa shape index (κ3) is 2.65. The summed E-state index contributed by atoms with van der Waals surface area (Å²) in [6.07, 6.45) is 6.90. The Kier molecular flexibility index (Phi) is 4.20.